The monoisotopic (exact) mass is 283 g/mol. The Balaban J connectivity index is 3.12. The number of hydrogen-bond donors (Lipinski definition) is 1. The van der Waals surface area contributed by atoms with Crippen molar-refractivity contribution in [2.75, 3.05) is 11.4 Å². The summed E-state index contributed by atoms with van der Waals surface area (Å²) in [5, 5.41) is 9.37. The molecule has 0 heterocycles. The van der Waals surface area contributed by atoms with Crippen LogP contribution >= 0.6 is 15.9 Å². The first kappa shape index (κ1) is 13.3. The molecular weight excluding hydrogens is 266 g/mol. The molecule has 88 valence electrons. The molecule has 0 bridgehead atoms. The lowest BCUT2D eigenvalue weighted by atomic mass is 10.1. The van der Waals surface area contributed by atoms with E-state index in [-0.39, 0.29) is 6.61 Å². The smallest absolute Gasteiger partial charge is 0.0702 e. The van der Waals surface area contributed by atoms with Crippen LogP contribution in [-0.2, 0) is 6.61 Å². The average molecular weight is 284 g/mol. The fourth-order valence-corrected chi connectivity index (χ4v) is 2.10. The first-order valence-electron chi connectivity index (χ1n) is 5.37. The molecule has 0 aromatic heterocycles. The van der Waals surface area contributed by atoms with Crippen molar-refractivity contribution in [3.63, 3.8) is 0 Å². The van der Waals surface area contributed by atoms with Gasteiger partial charge in [0.15, 0.2) is 0 Å². The summed E-state index contributed by atoms with van der Waals surface area (Å²) < 4.78 is 0.989. The maximum atomic E-state index is 9.37. The van der Waals surface area contributed by atoms with E-state index >= 15 is 0 Å². The lowest BCUT2D eigenvalue weighted by molar-refractivity contribution is 0.282. The Bertz CT molecular complexity index is 363. The zero-order valence-electron chi connectivity index (χ0n) is 9.78. The number of aliphatic hydroxyl groups excluding tert-OH is 1. The van der Waals surface area contributed by atoms with Crippen molar-refractivity contribution in [1.29, 1.82) is 0 Å². The Labute approximate surface area is 106 Å². The second kappa shape index (κ2) is 6.06. The molecule has 1 rings (SSSR count). The molecule has 0 aliphatic heterocycles. The zero-order valence-corrected chi connectivity index (χ0v) is 11.4. The van der Waals surface area contributed by atoms with Crippen LogP contribution in [0.1, 0.15) is 19.4 Å². The van der Waals surface area contributed by atoms with E-state index in [1.54, 1.807) is 0 Å². The van der Waals surface area contributed by atoms with Gasteiger partial charge in [-0.2, -0.15) is 0 Å². The molecule has 3 heteroatoms. The van der Waals surface area contributed by atoms with Crippen LogP contribution < -0.4 is 4.90 Å². The highest BCUT2D eigenvalue weighted by Crippen LogP contribution is 2.26. The third-order valence-electron chi connectivity index (χ3n) is 2.47. The SMILES string of the molecule is C=CCN(c1ccc(Br)cc1CO)C(C)C. The van der Waals surface area contributed by atoms with Crippen molar-refractivity contribution in [2.24, 2.45) is 0 Å². The van der Waals surface area contributed by atoms with Gasteiger partial charge in [-0.3, -0.25) is 0 Å². The van der Waals surface area contributed by atoms with Crippen molar-refractivity contribution in [1.82, 2.24) is 0 Å². The molecule has 0 amide bonds. The van der Waals surface area contributed by atoms with Gasteiger partial charge in [0.1, 0.15) is 0 Å². The van der Waals surface area contributed by atoms with Gasteiger partial charge >= 0.3 is 0 Å². The van der Waals surface area contributed by atoms with Gasteiger partial charge in [0, 0.05) is 28.3 Å². The quantitative estimate of drug-likeness (QED) is 0.838. The third kappa shape index (κ3) is 3.09. The Morgan fingerprint density at radius 2 is 2.19 bits per heavy atom. The van der Waals surface area contributed by atoms with Gasteiger partial charge in [-0.25, -0.2) is 0 Å². The van der Waals surface area contributed by atoms with E-state index in [4.69, 9.17) is 0 Å². The van der Waals surface area contributed by atoms with E-state index < -0.39 is 0 Å². The highest BCUT2D eigenvalue weighted by Gasteiger charge is 2.12. The summed E-state index contributed by atoms with van der Waals surface area (Å²) in [7, 11) is 0. The topological polar surface area (TPSA) is 23.5 Å². The molecule has 0 spiro atoms. The molecule has 0 saturated carbocycles. The Morgan fingerprint density at radius 1 is 1.50 bits per heavy atom. The van der Waals surface area contributed by atoms with Gasteiger partial charge < -0.3 is 10.0 Å². The Hall–Kier alpha value is -0.800. The summed E-state index contributed by atoms with van der Waals surface area (Å²) >= 11 is 3.41. The first-order valence-corrected chi connectivity index (χ1v) is 6.16. The predicted molar refractivity (Wildman–Crippen MR) is 72.7 cm³/mol. The molecule has 0 atom stereocenters. The van der Waals surface area contributed by atoms with Crippen molar-refractivity contribution < 1.29 is 5.11 Å². The minimum Gasteiger partial charge on any atom is -0.392 e. The van der Waals surface area contributed by atoms with Crippen molar-refractivity contribution in [3.8, 4) is 0 Å². The summed E-state index contributed by atoms with van der Waals surface area (Å²) in [4.78, 5) is 2.21. The molecule has 0 radical (unpaired) electrons. The Morgan fingerprint density at radius 3 is 2.69 bits per heavy atom. The highest BCUT2D eigenvalue weighted by atomic mass is 79.9. The summed E-state index contributed by atoms with van der Waals surface area (Å²) in [6, 6.07) is 6.35. The van der Waals surface area contributed by atoms with Crippen LogP contribution in [0.25, 0.3) is 0 Å². The Kier molecular flexibility index (Phi) is 5.03. The minimum absolute atomic E-state index is 0.0507. The van der Waals surface area contributed by atoms with Crippen LogP contribution in [0.3, 0.4) is 0 Å². The largest absolute Gasteiger partial charge is 0.392 e. The van der Waals surface area contributed by atoms with Gasteiger partial charge in [0.05, 0.1) is 6.61 Å². The number of rotatable bonds is 5. The summed E-state index contributed by atoms with van der Waals surface area (Å²) in [6.07, 6.45) is 1.88. The van der Waals surface area contributed by atoms with Crippen molar-refractivity contribution in [3.05, 3.63) is 40.9 Å². The maximum Gasteiger partial charge on any atom is 0.0702 e. The molecular formula is C13H18BrNO. The molecule has 16 heavy (non-hydrogen) atoms. The highest BCUT2D eigenvalue weighted by molar-refractivity contribution is 9.10. The van der Waals surface area contributed by atoms with Crippen LogP contribution in [-0.4, -0.2) is 17.7 Å². The summed E-state index contributed by atoms with van der Waals surface area (Å²) in [6.45, 7) is 8.87. The molecule has 0 fully saturated rings. The number of anilines is 1. The van der Waals surface area contributed by atoms with E-state index in [0.717, 1.165) is 22.3 Å². The molecule has 0 unspecified atom stereocenters. The molecule has 1 N–H and O–H groups in total. The van der Waals surface area contributed by atoms with Crippen LogP contribution in [0.2, 0.25) is 0 Å². The van der Waals surface area contributed by atoms with E-state index in [1.807, 2.05) is 24.3 Å². The normalized spacial score (nSPS) is 10.6. The average Bonchev–Trinajstić information content (AvgIpc) is 2.26. The van der Waals surface area contributed by atoms with Crippen molar-refractivity contribution >= 4 is 21.6 Å². The number of halogens is 1. The van der Waals surface area contributed by atoms with Crippen LogP contribution in [0.4, 0.5) is 5.69 Å². The lowest BCUT2D eigenvalue weighted by Crippen LogP contribution is -2.31. The fourth-order valence-electron chi connectivity index (χ4n) is 1.69. The summed E-state index contributed by atoms with van der Waals surface area (Å²) in [5.74, 6) is 0. The maximum absolute atomic E-state index is 9.37. The zero-order chi connectivity index (χ0) is 12.1. The molecule has 0 aliphatic carbocycles. The predicted octanol–water partition coefficient (Wildman–Crippen LogP) is 3.34. The van der Waals surface area contributed by atoms with E-state index in [2.05, 4.69) is 41.3 Å². The molecule has 1 aromatic carbocycles. The second-order valence-electron chi connectivity index (χ2n) is 3.97. The number of aliphatic hydroxyl groups is 1. The second-order valence-corrected chi connectivity index (χ2v) is 4.88. The fraction of sp³-hybridized carbons (Fsp3) is 0.385. The third-order valence-corrected chi connectivity index (χ3v) is 2.96. The molecule has 1 aromatic rings. The first-order chi connectivity index (χ1) is 7.60. The van der Waals surface area contributed by atoms with Gasteiger partial charge in [0.25, 0.3) is 0 Å². The lowest BCUT2D eigenvalue weighted by Gasteiger charge is -2.29. The molecule has 2 nitrogen and oxygen atoms in total. The summed E-state index contributed by atoms with van der Waals surface area (Å²) in [5.41, 5.74) is 2.01. The van der Waals surface area contributed by atoms with Crippen LogP contribution in [0.15, 0.2) is 35.3 Å². The van der Waals surface area contributed by atoms with Gasteiger partial charge in [-0.1, -0.05) is 22.0 Å². The van der Waals surface area contributed by atoms with Crippen molar-refractivity contribution in [2.45, 2.75) is 26.5 Å². The van der Waals surface area contributed by atoms with Gasteiger partial charge in [0.2, 0.25) is 0 Å². The minimum atomic E-state index is 0.0507. The number of benzene rings is 1. The number of nitrogens with zero attached hydrogens (tertiary/aromatic N) is 1. The molecule has 0 aliphatic rings. The van der Waals surface area contributed by atoms with E-state index in [1.165, 1.54) is 0 Å². The standard InChI is InChI=1S/C13H18BrNO/c1-4-7-15(10(2)3)13-6-5-12(14)8-11(13)9-16/h4-6,8,10,16H,1,7,9H2,2-3H3. The molecule has 0 saturated heterocycles. The van der Waals surface area contributed by atoms with Gasteiger partial charge in [-0.15, -0.1) is 6.58 Å². The van der Waals surface area contributed by atoms with Crippen LogP contribution in [0.5, 0.6) is 0 Å². The van der Waals surface area contributed by atoms with E-state index in [0.29, 0.717) is 6.04 Å². The van der Waals surface area contributed by atoms with Crippen LogP contribution in [0, 0.1) is 0 Å². The van der Waals surface area contributed by atoms with E-state index in [9.17, 15) is 5.11 Å². The van der Waals surface area contributed by atoms with Gasteiger partial charge in [-0.05, 0) is 32.0 Å². The number of hydrogen-bond acceptors (Lipinski definition) is 2.